The highest BCUT2D eigenvalue weighted by atomic mass is 79.9. The highest BCUT2D eigenvalue weighted by Gasteiger charge is 2.11. The Hall–Kier alpha value is -1.18. The van der Waals surface area contributed by atoms with Crippen LogP contribution in [0.3, 0.4) is 0 Å². The molecule has 0 bridgehead atoms. The molecule has 0 saturated carbocycles. The summed E-state index contributed by atoms with van der Waals surface area (Å²) >= 11 is 5.87. The molecule has 0 amide bonds. The Morgan fingerprint density at radius 3 is 2.95 bits per heavy atom. The van der Waals surface area contributed by atoms with E-state index < -0.39 is 0 Å². The lowest BCUT2D eigenvalue weighted by molar-refractivity contribution is 0.586. The van der Waals surface area contributed by atoms with E-state index in [1.54, 1.807) is 12.3 Å². The first-order chi connectivity index (χ1) is 9.11. The highest BCUT2D eigenvalue weighted by Crippen LogP contribution is 2.35. The summed E-state index contributed by atoms with van der Waals surface area (Å²) in [6.07, 6.45) is 1.57. The average Bonchev–Trinajstić information content (AvgIpc) is 2.74. The maximum atomic E-state index is 13.7. The van der Waals surface area contributed by atoms with E-state index >= 15 is 0 Å². The molecule has 3 rings (SSSR count). The largest absolute Gasteiger partial charge is 0.399 e. The van der Waals surface area contributed by atoms with Crippen molar-refractivity contribution < 1.29 is 4.39 Å². The fourth-order valence-electron chi connectivity index (χ4n) is 1.52. The van der Waals surface area contributed by atoms with Gasteiger partial charge in [0.1, 0.15) is 5.03 Å². The number of nitrogens with two attached hydrogens (primary N) is 1. The van der Waals surface area contributed by atoms with Gasteiger partial charge in [-0.1, -0.05) is 0 Å². The quantitative estimate of drug-likeness (QED) is 0.695. The molecular weight excluding hydrogens is 349 g/mol. The monoisotopic (exact) mass is 355 g/mol. The molecule has 2 N–H and O–H groups in total. The average molecular weight is 356 g/mol. The van der Waals surface area contributed by atoms with E-state index in [1.165, 1.54) is 29.2 Å². The molecule has 1 aromatic carbocycles. The van der Waals surface area contributed by atoms with E-state index in [0.29, 0.717) is 15.2 Å². The molecule has 96 valence electrons. The number of aromatic nitrogens is 2. The van der Waals surface area contributed by atoms with Crippen molar-refractivity contribution in [3.8, 4) is 0 Å². The SMILES string of the molecule is Nc1ccc2nc(Sc3ncc(Br)cc3F)sc2c1. The molecule has 0 spiro atoms. The summed E-state index contributed by atoms with van der Waals surface area (Å²) in [5, 5.41) is 0.315. The molecule has 3 nitrogen and oxygen atoms in total. The number of nitrogen functional groups attached to an aromatic ring is 1. The van der Waals surface area contributed by atoms with Crippen LogP contribution in [-0.2, 0) is 0 Å². The number of hydrogen-bond donors (Lipinski definition) is 1. The number of nitrogens with zero attached hydrogens (tertiary/aromatic N) is 2. The minimum absolute atomic E-state index is 0.315. The minimum Gasteiger partial charge on any atom is -0.399 e. The Kier molecular flexibility index (Phi) is 3.42. The molecule has 0 atom stereocenters. The second-order valence-corrected chi connectivity index (χ2v) is 6.93. The van der Waals surface area contributed by atoms with Gasteiger partial charge in [0.15, 0.2) is 10.2 Å². The van der Waals surface area contributed by atoms with Gasteiger partial charge in [0, 0.05) is 16.4 Å². The van der Waals surface area contributed by atoms with Crippen molar-refractivity contribution in [1.82, 2.24) is 9.97 Å². The zero-order valence-corrected chi connectivity index (χ0v) is 12.6. The standard InChI is InChI=1S/C12H7BrFN3S2/c13-6-3-8(14)11(16-5-6)19-12-17-9-2-1-7(15)4-10(9)18-12/h1-5H,15H2. The first-order valence-corrected chi connectivity index (χ1v) is 7.69. The van der Waals surface area contributed by atoms with Gasteiger partial charge in [-0.15, -0.1) is 11.3 Å². The molecule has 19 heavy (non-hydrogen) atoms. The van der Waals surface area contributed by atoms with Crippen LogP contribution in [0.4, 0.5) is 10.1 Å². The maximum Gasteiger partial charge on any atom is 0.157 e. The van der Waals surface area contributed by atoms with Crippen LogP contribution in [0.2, 0.25) is 0 Å². The third kappa shape index (κ3) is 2.72. The van der Waals surface area contributed by atoms with Crippen LogP contribution < -0.4 is 5.73 Å². The van der Waals surface area contributed by atoms with Crippen LogP contribution in [0, 0.1) is 5.82 Å². The molecule has 2 aromatic heterocycles. The molecule has 0 radical (unpaired) electrons. The Morgan fingerprint density at radius 2 is 2.16 bits per heavy atom. The van der Waals surface area contributed by atoms with Crippen LogP contribution in [0.15, 0.2) is 44.3 Å². The molecule has 7 heteroatoms. The number of halogens is 2. The predicted molar refractivity (Wildman–Crippen MR) is 80.1 cm³/mol. The summed E-state index contributed by atoms with van der Waals surface area (Å²) in [4.78, 5) is 8.46. The zero-order chi connectivity index (χ0) is 13.4. The van der Waals surface area contributed by atoms with Crippen molar-refractivity contribution in [3.63, 3.8) is 0 Å². The predicted octanol–water partition coefficient (Wildman–Crippen LogP) is 4.33. The van der Waals surface area contributed by atoms with Gasteiger partial charge in [0.25, 0.3) is 0 Å². The summed E-state index contributed by atoms with van der Waals surface area (Å²) in [5.74, 6) is -0.363. The van der Waals surface area contributed by atoms with Crippen molar-refractivity contribution in [2.75, 3.05) is 5.73 Å². The van der Waals surface area contributed by atoms with Gasteiger partial charge in [-0.05, 0) is 52.0 Å². The number of rotatable bonds is 2. The number of anilines is 1. The lowest BCUT2D eigenvalue weighted by Gasteiger charge is -1.98. The van der Waals surface area contributed by atoms with E-state index in [2.05, 4.69) is 25.9 Å². The van der Waals surface area contributed by atoms with E-state index in [1.807, 2.05) is 12.1 Å². The number of thiazole rings is 1. The maximum absolute atomic E-state index is 13.7. The van der Waals surface area contributed by atoms with E-state index in [9.17, 15) is 4.39 Å². The smallest absolute Gasteiger partial charge is 0.157 e. The number of benzene rings is 1. The Labute approximate surface area is 125 Å². The van der Waals surface area contributed by atoms with Gasteiger partial charge in [0.2, 0.25) is 0 Å². The summed E-state index contributed by atoms with van der Waals surface area (Å²) in [5.41, 5.74) is 7.28. The lowest BCUT2D eigenvalue weighted by Crippen LogP contribution is -1.85. The number of fused-ring (bicyclic) bond motifs is 1. The van der Waals surface area contributed by atoms with Crippen LogP contribution in [-0.4, -0.2) is 9.97 Å². The van der Waals surface area contributed by atoms with E-state index in [0.717, 1.165) is 14.6 Å². The highest BCUT2D eigenvalue weighted by molar-refractivity contribution is 9.10. The molecule has 0 fully saturated rings. The van der Waals surface area contributed by atoms with Crippen molar-refractivity contribution in [2.24, 2.45) is 0 Å². The fraction of sp³-hybridized carbons (Fsp3) is 0. The van der Waals surface area contributed by atoms with Crippen molar-refractivity contribution in [3.05, 3.63) is 40.8 Å². The van der Waals surface area contributed by atoms with Gasteiger partial charge in [0.05, 0.1) is 10.2 Å². The van der Waals surface area contributed by atoms with Gasteiger partial charge in [-0.2, -0.15) is 0 Å². The molecular formula is C12H7BrFN3S2. The first-order valence-electron chi connectivity index (χ1n) is 5.27. The second-order valence-electron chi connectivity index (χ2n) is 3.75. The van der Waals surface area contributed by atoms with E-state index in [4.69, 9.17) is 5.73 Å². The third-order valence-corrected chi connectivity index (χ3v) is 4.86. The van der Waals surface area contributed by atoms with Gasteiger partial charge < -0.3 is 5.73 Å². The van der Waals surface area contributed by atoms with Crippen LogP contribution in [0.25, 0.3) is 10.2 Å². The van der Waals surface area contributed by atoms with Crippen LogP contribution in [0.5, 0.6) is 0 Å². The minimum atomic E-state index is -0.363. The van der Waals surface area contributed by atoms with Crippen LogP contribution >= 0.6 is 39.0 Å². The molecule has 3 aromatic rings. The van der Waals surface area contributed by atoms with Crippen molar-refractivity contribution >= 4 is 54.9 Å². The lowest BCUT2D eigenvalue weighted by atomic mass is 10.3. The fourth-order valence-corrected chi connectivity index (χ4v) is 3.82. The molecule has 0 saturated heterocycles. The molecule has 0 unspecified atom stereocenters. The van der Waals surface area contributed by atoms with Gasteiger partial charge >= 0.3 is 0 Å². The van der Waals surface area contributed by atoms with E-state index in [-0.39, 0.29) is 5.82 Å². The molecule has 2 heterocycles. The zero-order valence-electron chi connectivity index (χ0n) is 9.43. The Bertz CT molecular complexity index is 760. The Balaban J connectivity index is 1.96. The Morgan fingerprint density at radius 1 is 1.32 bits per heavy atom. The summed E-state index contributed by atoms with van der Waals surface area (Å²) < 4.78 is 16.0. The molecule has 0 aliphatic rings. The number of pyridine rings is 1. The number of hydrogen-bond acceptors (Lipinski definition) is 5. The van der Waals surface area contributed by atoms with Crippen molar-refractivity contribution in [2.45, 2.75) is 9.37 Å². The topological polar surface area (TPSA) is 51.8 Å². The molecule has 0 aliphatic carbocycles. The summed E-state index contributed by atoms with van der Waals surface area (Å²) in [6, 6.07) is 6.91. The first kappa shape index (κ1) is 12.8. The summed E-state index contributed by atoms with van der Waals surface area (Å²) in [7, 11) is 0. The third-order valence-electron chi connectivity index (χ3n) is 2.35. The van der Waals surface area contributed by atoms with Gasteiger partial charge in [-0.3, -0.25) is 0 Å². The van der Waals surface area contributed by atoms with Crippen molar-refractivity contribution in [1.29, 1.82) is 0 Å². The second kappa shape index (κ2) is 5.07. The normalized spacial score (nSPS) is 11.1. The summed E-state index contributed by atoms with van der Waals surface area (Å²) in [6.45, 7) is 0. The molecule has 0 aliphatic heterocycles. The van der Waals surface area contributed by atoms with Gasteiger partial charge in [-0.25, -0.2) is 14.4 Å². The van der Waals surface area contributed by atoms with Crippen LogP contribution in [0.1, 0.15) is 0 Å².